The Balaban J connectivity index is 1.29. The number of fused-ring (bicyclic) bond motifs is 1. The van der Waals surface area contributed by atoms with E-state index in [1.54, 1.807) is 6.20 Å². The molecule has 0 saturated heterocycles. The smallest absolute Gasteiger partial charge is 0.227 e. The number of ether oxygens (including phenoxy) is 1. The van der Waals surface area contributed by atoms with Gasteiger partial charge in [-0.15, -0.1) is 0 Å². The lowest BCUT2D eigenvalue weighted by atomic mass is 10.0. The van der Waals surface area contributed by atoms with Crippen LogP contribution in [-0.4, -0.2) is 44.9 Å². The molecule has 7 heteroatoms. The molecule has 0 aliphatic heterocycles. The maximum atomic E-state index is 6.13. The SMILES string of the molecule is Cc1cc(-c2nc3ccccn3c2-c2ccnc(Nc3ccc(CCN(C)C)cc3)n2)ccc1OCc1ccccc1. The van der Waals surface area contributed by atoms with Crippen LogP contribution in [0.5, 0.6) is 5.75 Å². The molecule has 6 aromatic rings. The van der Waals surface area contributed by atoms with E-state index in [2.05, 4.69) is 89.2 Å². The molecule has 0 atom stereocenters. The van der Waals surface area contributed by atoms with Gasteiger partial charge in [0.2, 0.25) is 5.95 Å². The predicted octanol–water partition coefficient (Wildman–Crippen LogP) is 7.19. The fourth-order valence-corrected chi connectivity index (χ4v) is 4.92. The van der Waals surface area contributed by atoms with E-state index in [0.717, 1.165) is 63.8 Å². The second-order valence-corrected chi connectivity index (χ2v) is 10.6. The largest absolute Gasteiger partial charge is 0.489 e. The highest BCUT2D eigenvalue weighted by molar-refractivity contribution is 5.81. The summed E-state index contributed by atoms with van der Waals surface area (Å²) >= 11 is 0. The third kappa shape index (κ3) is 6.16. The summed E-state index contributed by atoms with van der Waals surface area (Å²) in [6.45, 7) is 3.61. The predicted molar refractivity (Wildman–Crippen MR) is 169 cm³/mol. The molecule has 0 amide bonds. The molecule has 3 aromatic heterocycles. The lowest BCUT2D eigenvalue weighted by Crippen LogP contribution is -2.14. The molecule has 0 aliphatic carbocycles. The van der Waals surface area contributed by atoms with Crippen LogP contribution in [0, 0.1) is 6.92 Å². The van der Waals surface area contributed by atoms with Crippen molar-refractivity contribution >= 4 is 17.3 Å². The summed E-state index contributed by atoms with van der Waals surface area (Å²) in [6.07, 6.45) is 4.82. The molecule has 210 valence electrons. The topological polar surface area (TPSA) is 67.6 Å². The first-order valence-corrected chi connectivity index (χ1v) is 14.1. The molecule has 3 aromatic carbocycles. The molecule has 0 fully saturated rings. The van der Waals surface area contributed by atoms with Crippen molar-refractivity contribution in [3.63, 3.8) is 0 Å². The Morgan fingerprint density at radius 2 is 1.64 bits per heavy atom. The number of nitrogens with zero attached hydrogens (tertiary/aromatic N) is 5. The Bertz CT molecular complexity index is 1790. The highest BCUT2D eigenvalue weighted by Crippen LogP contribution is 2.34. The van der Waals surface area contributed by atoms with Crippen molar-refractivity contribution in [1.29, 1.82) is 0 Å². The van der Waals surface area contributed by atoms with Crippen molar-refractivity contribution in [1.82, 2.24) is 24.3 Å². The molecule has 0 radical (unpaired) electrons. The van der Waals surface area contributed by atoms with Crippen LogP contribution in [0.25, 0.3) is 28.3 Å². The number of benzene rings is 3. The first-order valence-electron chi connectivity index (χ1n) is 14.1. The second-order valence-electron chi connectivity index (χ2n) is 10.6. The standard InChI is InChI=1S/C35H34N6O/c1-25-23-28(14-17-31(25)42-24-27-9-5-4-6-10-27)33-34(41-21-8-7-11-32(41)39-33)30-18-20-36-35(38-30)37-29-15-12-26(13-16-29)19-22-40(2)3/h4-18,20-21,23H,19,22,24H2,1-3H3,(H,36,37,38). The van der Waals surface area contributed by atoms with E-state index >= 15 is 0 Å². The van der Waals surface area contributed by atoms with Crippen LogP contribution in [0.2, 0.25) is 0 Å². The van der Waals surface area contributed by atoms with E-state index in [9.17, 15) is 0 Å². The van der Waals surface area contributed by atoms with Crippen LogP contribution in [0.15, 0.2) is 109 Å². The Morgan fingerprint density at radius 3 is 2.43 bits per heavy atom. The van der Waals surface area contributed by atoms with Crippen LogP contribution in [0.3, 0.4) is 0 Å². The molecule has 1 N–H and O–H groups in total. The van der Waals surface area contributed by atoms with Crippen molar-refractivity contribution in [2.24, 2.45) is 0 Å². The van der Waals surface area contributed by atoms with E-state index in [0.29, 0.717) is 12.6 Å². The number of anilines is 2. The van der Waals surface area contributed by atoms with Crippen LogP contribution in [0.4, 0.5) is 11.6 Å². The molecule has 42 heavy (non-hydrogen) atoms. The first kappa shape index (κ1) is 27.2. The Labute approximate surface area is 246 Å². The van der Waals surface area contributed by atoms with E-state index in [4.69, 9.17) is 14.7 Å². The average molecular weight is 555 g/mol. The lowest BCUT2D eigenvalue weighted by Gasteiger charge is -2.12. The zero-order chi connectivity index (χ0) is 28.9. The van der Waals surface area contributed by atoms with Gasteiger partial charge in [-0.3, -0.25) is 4.40 Å². The van der Waals surface area contributed by atoms with Crippen molar-refractivity contribution in [2.75, 3.05) is 26.0 Å². The average Bonchev–Trinajstić information content (AvgIpc) is 3.40. The normalized spacial score (nSPS) is 11.2. The molecule has 3 heterocycles. The summed E-state index contributed by atoms with van der Waals surface area (Å²) in [5.41, 5.74) is 8.83. The second kappa shape index (κ2) is 12.2. The van der Waals surface area contributed by atoms with Crippen molar-refractivity contribution in [3.05, 3.63) is 126 Å². The van der Waals surface area contributed by atoms with Gasteiger partial charge in [-0.05, 0) is 92.7 Å². The molecular weight excluding hydrogens is 520 g/mol. The van der Waals surface area contributed by atoms with E-state index < -0.39 is 0 Å². The third-order valence-electron chi connectivity index (χ3n) is 7.17. The van der Waals surface area contributed by atoms with Gasteiger partial charge in [0, 0.05) is 30.2 Å². The summed E-state index contributed by atoms with van der Waals surface area (Å²) in [4.78, 5) is 16.6. The molecule has 6 rings (SSSR count). The summed E-state index contributed by atoms with van der Waals surface area (Å²) in [5, 5.41) is 3.37. The van der Waals surface area contributed by atoms with Gasteiger partial charge >= 0.3 is 0 Å². The van der Waals surface area contributed by atoms with Crippen LogP contribution >= 0.6 is 0 Å². The number of imidazole rings is 1. The van der Waals surface area contributed by atoms with E-state index in [-0.39, 0.29) is 0 Å². The maximum absolute atomic E-state index is 6.13. The summed E-state index contributed by atoms with van der Waals surface area (Å²) < 4.78 is 8.21. The minimum absolute atomic E-state index is 0.524. The molecule has 0 unspecified atom stereocenters. The van der Waals surface area contributed by atoms with Gasteiger partial charge in [0.05, 0.1) is 17.1 Å². The monoisotopic (exact) mass is 554 g/mol. The van der Waals surface area contributed by atoms with E-state index in [1.165, 1.54) is 5.56 Å². The zero-order valence-electron chi connectivity index (χ0n) is 24.2. The summed E-state index contributed by atoms with van der Waals surface area (Å²) in [6, 6.07) is 32.8. The molecule has 0 aliphatic rings. The molecule has 0 spiro atoms. The minimum Gasteiger partial charge on any atom is -0.489 e. The quantitative estimate of drug-likeness (QED) is 0.193. The highest BCUT2D eigenvalue weighted by Gasteiger charge is 2.18. The van der Waals surface area contributed by atoms with Gasteiger partial charge in [-0.1, -0.05) is 48.5 Å². The van der Waals surface area contributed by atoms with E-state index in [1.807, 2.05) is 54.7 Å². The lowest BCUT2D eigenvalue weighted by molar-refractivity contribution is 0.304. The van der Waals surface area contributed by atoms with Gasteiger partial charge in [0.15, 0.2) is 0 Å². The number of rotatable bonds is 10. The molecule has 0 saturated carbocycles. The number of aromatic nitrogens is 4. The Morgan fingerprint density at radius 1 is 0.833 bits per heavy atom. The first-order chi connectivity index (χ1) is 20.5. The van der Waals surface area contributed by atoms with Gasteiger partial charge in [-0.25, -0.2) is 15.0 Å². The van der Waals surface area contributed by atoms with Gasteiger partial charge in [-0.2, -0.15) is 0 Å². The molecule has 7 nitrogen and oxygen atoms in total. The highest BCUT2D eigenvalue weighted by atomic mass is 16.5. The van der Waals surface area contributed by atoms with Gasteiger partial charge in [0.1, 0.15) is 18.0 Å². The van der Waals surface area contributed by atoms with Gasteiger partial charge < -0.3 is 15.0 Å². The maximum Gasteiger partial charge on any atom is 0.227 e. The number of nitrogens with one attached hydrogen (secondary N) is 1. The fourth-order valence-electron chi connectivity index (χ4n) is 4.92. The van der Waals surface area contributed by atoms with Crippen LogP contribution in [0.1, 0.15) is 16.7 Å². The van der Waals surface area contributed by atoms with Crippen LogP contribution in [-0.2, 0) is 13.0 Å². The number of aryl methyl sites for hydroxylation is 1. The molecule has 0 bridgehead atoms. The van der Waals surface area contributed by atoms with Crippen molar-refractivity contribution in [2.45, 2.75) is 20.0 Å². The minimum atomic E-state index is 0.524. The Hall–Kier alpha value is -5.01. The zero-order valence-corrected chi connectivity index (χ0v) is 24.2. The Kier molecular flexibility index (Phi) is 7.92. The third-order valence-corrected chi connectivity index (χ3v) is 7.17. The fraction of sp³-hybridized carbons (Fsp3) is 0.171. The summed E-state index contributed by atoms with van der Waals surface area (Å²) in [5.74, 6) is 1.39. The van der Waals surface area contributed by atoms with Crippen LogP contribution < -0.4 is 10.1 Å². The van der Waals surface area contributed by atoms with Crippen molar-refractivity contribution in [3.8, 4) is 28.4 Å². The number of pyridine rings is 1. The number of likely N-dealkylation sites (N-methyl/N-ethyl adjacent to an activating group) is 1. The van der Waals surface area contributed by atoms with Crippen molar-refractivity contribution < 1.29 is 4.74 Å². The number of hydrogen-bond donors (Lipinski definition) is 1. The van der Waals surface area contributed by atoms with Gasteiger partial charge in [0.25, 0.3) is 0 Å². The number of hydrogen-bond acceptors (Lipinski definition) is 6. The molecular formula is C35H34N6O. The summed E-state index contributed by atoms with van der Waals surface area (Å²) in [7, 11) is 4.18.